The van der Waals surface area contributed by atoms with E-state index >= 15 is 0 Å². The molecule has 0 unspecified atom stereocenters. The second kappa shape index (κ2) is 11.5. The van der Waals surface area contributed by atoms with Crippen LogP contribution in [0.1, 0.15) is 18.2 Å². The van der Waals surface area contributed by atoms with Gasteiger partial charge in [0.15, 0.2) is 0 Å². The van der Waals surface area contributed by atoms with Crippen LogP contribution in [0.5, 0.6) is 11.5 Å². The van der Waals surface area contributed by atoms with Gasteiger partial charge in [0.1, 0.15) is 23.0 Å². The fraction of sp³-hybridized carbons (Fsp3) is 0.381. The van der Waals surface area contributed by atoms with E-state index in [1.165, 1.54) is 6.21 Å². The minimum atomic E-state index is -0.280. The molecule has 3 rings (SSSR count). The monoisotopic (exact) mass is 441 g/mol. The zero-order chi connectivity index (χ0) is 22.8. The third-order valence-electron chi connectivity index (χ3n) is 4.72. The summed E-state index contributed by atoms with van der Waals surface area (Å²) in [7, 11) is 3.19. The number of ether oxygens (including phenoxy) is 3. The van der Waals surface area contributed by atoms with Crippen molar-refractivity contribution in [3.8, 4) is 11.5 Å². The number of methoxy groups -OCH3 is 2. The first kappa shape index (κ1) is 22.8. The van der Waals surface area contributed by atoms with Gasteiger partial charge in [-0.05, 0) is 25.1 Å². The van der Waals surface area contributed by atoms with Crippen LogP contribution in [0.15, 0.2) is 40.8 Å². The molecular formula is C21H27N7O4. The number of benzene rings is 1. The maximum Gasteiger partial charge on any atom is 0.409 e. The van der Waals surface area contributed by atoms with Crippen LogP contribution < -0.4 is 19.9 Å². The number of carbonyl (C=O) groups is 1. The molecule has 32 heavy (non-hydrogen) atoms. The first-order valence-electron chi connectivity index (χ1n) is 10.2. The van der Waals surface area contributed by atoms with Gasteiger partial charge in [-0.3, -0.25) is 4.98 Å². The Bertz CT molecular complexity index is 959. The van der Waals surface area contributed by atoms with E-state index in [2.05, 4.69) is 30.6 Å². The number of hydrazone groups is 2. The highest BCUT2D eigenvalue weighted by atomic mass is 16.6. The topological polar surface area (TPSA) is 114 Å². The molecule has 1 aromatic carbocycles. The Labute approximate surface area is 186 Å². The fourth-order valence-electron chi connectivity index (χ4n) is 3.08. The van der Waals surface area contributed by atoms with Crippen LogP contribution in [0, 0.1) is 0 Å². The predicted octanol–water partition coefficient (Wildman–Crippen LogP) is 1.73. The van der Waals surface area contributed by atoms with Crippen LogP contribution in [-0.2, 0) is 4.74 Å². The lowest BCUT2D eigenvalue weighted by molar-refractivity contribution is 0.105. The number of hydrogen-bond acceptors (Lipinski definition) is 10. The van der Waals surface area contributed by atoms with E-state index in [4.69, 9.17) is 14.2 Å². The average Bonchev–Trinajstić information content (AvgIpc) is 2.84. The smallest absolute Gasteiger partial charge is 0.409 e. The Morgan fingerprint density at radius 1 is 1.12 bits per heavy atom. The van der Waals surface area contributed by atoms with Crippen molar-refractivity contribution < 1.29 is 19.0 Å². The molecule has 1 saturated heterocycles. The van der Waals surface area contributed by atoms with Gasteiger partial charge in [0.25, 0.3) is 0 Å². The number of piperazine rings is 1. The van der Waals surface area contributed by atoms with Crippen molar-refractivity contribution >= 4 is 24.3 Å². The molecule has 1 aliphatic heterocycles. The third-order valence-corrected chi connectivity index (χ3v) is 4.72. The summed E-state index contributed by atoms with van der Waals surface area (Å²) >= 11 is 0. The van der Waals surface area contributed by atoms with Crippen molar-refractivity contribution in [2.24, 2.45) is 10.2 Å². The number of hydrogen-bond donors (Lipinski definition) is 1. The molecular weight excluding hydrogens is 414 g/mol. The molecule has 2 aromatic rings. The predicted molar refractivity (Wildman–Crippen MR) is 121 cm³/mol. The van der Waals surface area contributed by atoms with Crippen molar-refractivity contribution in [3.63, 3.8) is 0 Å². The highest BCUT2D eigenvalue weighted by Gasteiger charge is 2.22. The SMILES string of the molecule is CCOC(=O)N1CCN(c2cncc(/C=N\N/N=C\c3cc(OC)ccc3OC)n2)CC1. The highest BCUT2D eigenvalue weighted by molar-refractivity contribution is 5.84. The number of nitrogens with zero attached hydrogens (tertiary/aromatic N) is 6. The van der Waals surface area contributed by atoms with Crippen molar-refractivity contribution in [2.75, 3.05) is 51.9 Å². The summed E-state index contributed by atoms with van der Waals surface area (Å²) in [6.45, 7) is 4.62. The van der Waals surface area contributed by atoms with Crippen LogP contribution >= 0.6 is 0 Å². The second-order valence-electron chi connectivity index (χ2n) is 6.70. The van der Waals surface area contributed by atoms with E-state index in [-0.39, 0.29) is 6.09 Å². The summed E-state index contributed by atoms with van der Waals surface area (Å²) < 4.78 is 15.6. The summed E-state index contributed by atoms with van der Waals surface area (Å²) in [4.78, 5) is 24.4. The van der Waals surface area contributed by atoms with Crippen LogP contribution in [0.3, 0.4) is 0 Å². The normalized spacial score (nSPS) is 14.1. The van der Waals surface area contributed by atoms with Gasteiger partial charge in [0.05, 0.1) is 45.6 Å². The molecule has 1 amide bonds. The van der Waals surface area contributed by atoms with E-state index in [0.29, 0.717) is 50.0 Å². The standard InChI is InChI=1S/C21H27N7O4/c1-4-32-21(29)28-9-7-27(8-10-28)20-15-22-13-17(25-20)14-24-26-23-12-16-11-18(30-2)5-6-19(16)31-3/h5-6,11-15,26H,4,7-10H2,1-3H3/b23-12-,24-14-. The molecule has 0 saturated carbocycles. The summed E-state index contributed by atoms with van der Waals surface area (Å²) in [5, 5.41) is 8.14. The van der Waals surface area contributed by atoms with Gasteiger partial charge in [0.2, 0.25) is 0 Å². The van der Waals surface area contributed by atoms with Crippen molar-refractivity contribution in [2.45, 2.75) is 6.92 Å². The quantitative estimate of drug-likeness (QED) is 0.487. The maximum atomic E-state index is 11.8. The van der Waals surface area contributed by atoms with Gasteiger partial charge >= 0.3 is 6.09 Å². The zero-order valence-corrected chi connectivity index (χ0v) is 18.4. The molecule has 1 N–H and O–H groups in total. The minimum Gasteiger partial charge on any atom is -0.497 e. The highest BCUT2D eigenvalue weighted by Crippen LogP contribution is 2.22. The van der Waals surface area contributed by atoms with Crippen LogP contribution in [-0.4, -0.2) is 80.4 Å². The summed E-state index contributed by atoms with van der Waals surface area (Å²) in [6, 6.07) is 5.42. The maximum absolute atomic E-state index is 11.8. The van der Waals surface area contributed by atoms with Crippen LogP contribution in [0.2, 0.25) is 0 Å². The van der Waals surface area contributed by atoms with Gasteiger partial charge in [-0.15, -0.1) is 0 Å². The van der Waals surface area contributed by atoms with E-state index in [0.717, 1.165) is 11.4 Å². The van der Waals surface area contributed by atoms with Crippen LogP contribution in [0.4, 0.5) is 10.6 Å². The lowest BCUT2D eigenvalue weighted by atomic mass is 10.2. The molecule has 11 nitrogen and oxygen atoms in total. The molecule has 1 fully saturated rings. The fourth-order valence-corrected chi connectivity index (χ4v) is 3.08. The van der Waals surface area contributed by atoms with Gasteiger partial charge < -0.3 is 24.0 Å². The Balaban J connectivity index is 1.55. The Kier molecular flexibility index (Phi) is 8.18. The number of amides is 1. The minimum absolute atomic E-state index is 0.280. The number of rotatable bonds is 8. The first-order valence-corrected chi connectivity index (χ1v) is 10.2. The molecule has 1 aromatic heterocycles. The second-order valence-corrected chi connectivity index (χ2v) is 6.70. The number of anilines is 1. The molecule has 1 aliphatic rings. The molecule has 0 spiro atoms. The van der Waals surface area contributed by atoms with Gasteiger partial charge in [-0.2, -0.15) is 15.7 Å². The number of nitrogens with one attached hydrogen (secondary N) is 1. The van der Waals surface area contributed by atoms with Crippen LogP contribution in [0.25, 0.3) is 0 Å². The third kappa shape index (κ3) is 6.06. The molecule has 11 heteroatoms. The lowest BCUT2D eigenvalue weighted by Crippen LogP contribution is -2.49. The summed E-state index contributed by atoms with van der Waals surface area (Å²) in [5.74, 6) is 2.09. The van der Waals surface area contributed by atoms with Gasteiger partial charge in [0, 0.05) is 31.7 Å². The average molecular weight is 441 g/mol. The largest absolute Gasteiger partial charge is 0.497 e. The first-order chi connectivity index (χ1) is 15.6. The molecule has 0 bridgehead atoms. The zero-order valence-electron chi connectivity index (χ0n) is 18.4. The Morgan fingerprint density at radius 2 is 1.91 bits per heavy atom. The Hall–Kier alpha value is -3.89. The van der Waals surface area contributed by atoms with E-state index in [1.54, 1.807) is 50.7 Å². The summed E-state index contributed by atoms with van der Waals surface area (Å²) in [5.41, 5.74) is 3.93. The molecule has 2 heterocycles. The molecule has 170 valence electrons. The van der Waals surface area contributed by atoms with E-state index in [1.807, 2.05) is 12.1 Å². The Morgan fingerprint density at radius 3 is 2.62 bits per heavy atom. The molecule has 0 radical (unpaired) electrons. The van der Waals surface area contributed by atoms with Gasteiger partial charge in [-0.1, -0.05) is 0 Å². The van der Waals surface area contributed by atoms with Crippen molar-refractivity contribution in [1.29, 1.82) is 0 Å². The number of carbonyl (C=O) groups excluding carboxylic acids is 1. The van der Waals surface area contributed by atoms with E-state index in [9.17, 15) is 4.79 Å². The van der Waals surface area contributed by atoms with Gasteiger partial charge in [-0.25, -0.2) is 9.78 Å². The lowest BCUT2D eigenvalue weighted by Gasteiger charge is -2.34. The van der Waals surface area contributed by atoms with Crippen molar-refractivity contribution in [1.82, 2.24) is 20.4 Å². The molecule has 0 atom stereocenters. The number of aromatic nitrogens is 2. The van der Waals surface area contributed by atoms with Crippen molar-refractivity contribution in [3.05, 3.63) is 41.9 Å². The summed E-state index contributed by atoms with van der Waals surface area (Å²) in [6.07, 6.45) is 6.14. The molecule has 0 aliphatic carbocycles. The van der Waals surface area contributed by atoms with E-state index < -0.39 is 0 Å².